The summed E-state index contributed by atoms with van der Waals surface area (Å²) in [5.74, 6) is -0.467. The van der Waals surface area contributed by atoms with Crippen LogP contribution in [0.15, 0.2) is 36.5 Å². The lowest BCUT2D eigenvalue weighted by Crippen LogP contribution is -2.01. The molecule has 2 heterocycles. The van der Waals surface area contributed by atoms with E-state index in [4.69, 9.17) is 4.74 Å². The number of nitrogens with zero attached hydrogens (tertiary/aromatic N) is 4. The van der Waals surface area contributed by atoms with Gasteiger partial charge in [-0.05, 0) is 19.1 Å². The topological polar surface area (TPSA) is 90.1 Å². The van der Waals surface area contributed by atoms with Crippen molar-refractivity contribution < 1.29 is 14.6 Å². The van der Waals surface area contributed by atoms with Crippen molar-refractivity contribution in [1.82, 2.24) is 19.1 Å². The van der Waals surface area contributed by atoms with Gasteiger partial charge in [0.15, 0.2) is 5.75 Å². The van der Waals surface area contributed by atoms with Gasteiger partial charge < -0.3 is 9.84 Å². The molecule has 0 aliphatic carbocycles. The van der Waals surface area contributed by atoms with Gasteiger partial charge in [0.2, 0.25) is 5.69 Å². The first-order valence-electron chi connectivity index (χ1n) is 6.00. The number of aryl methyl sites for hydroxylation is 1. The average Bonchev–Trinajstić information content (AvgIpc) is 3.07. The Hall–Kier alpha value is -2.74. The lowest BCUT2D eigenvalue weighted by molar-refractivity contribution is 0.0687. The third-order valence-electron chi connectivity index (χ3n) is 2.61. The smallest absolute Gasteiger partial charge is 0.360 e. The van der Waals surface area contributed by atoms with Crippen LogP contribution in [0.3, 0.4) is 0 Å². The zero-order valence-electron chi connectivity index (χ0n) is 10.9. The van der Waals surface area contributed by atoms with E-state index in [1.807, 2.05) is 30.3 Å². The summed E-state index contributed by atoms with van der Waals surface area (Å²) in [4.78, 5) is 15.3. The van der Waals surface area contributed by atoms with E-state index < -0.39 is 5.97 Å². The van der Waals surface area contributed by atoms with Crippen molar-refractivity contribution in [3.8, 4) is 16.6 Å². The van der Waals surface area contributed by atoms with Gasteiger partial charge in [0.1, 0.15) is 5.82 Å². The fourth-order valence-corrected chi connectivity index (χ4v) is 2.26. The molecule has 0 bridgehead atoms. The van der Waals surface area contributed by atoms with Crippen molar-refractivity contribution in [2.45, 2.75) is 6.92 Å². The first-order valence-corrected chi connectivity index (χ1v) is 6.77. The quantitative estimate of drug-likeness (QED) is 0.796. The van der Waals surface area contributed by atoms with Gasteiger partial charge in [0, 0.05) is 11.5 Å². The first-order chi connectivity index (χ1) is 10.1. The second-order valence-electron chi connectivity index (χ2n) is 4.14. The van der Waals surface area contributed by atoms with Crippen LogP contribution in [0, 0.1) is 6.92 Å². The number of para-hydroxylation sites is 1. The molecule has 0 aliphatic heterocycles. The molecule has 0 atom stereocenters. The van der Waals surface area contributed by atoms with Gasteiger partial charge >= 0.3 is 5.97 Å². The maximum Gasteiger partial charge on any atom is 0.360 e. The number of carbonyl (C=O) groups is 1. The second-order valence-corrected chi connectivity index (χ2v) is 4.85. The van der Waals surface area contributed by atoms with E-state index in [1.165, 1.54) is 10.9 Å². The van der Waals surface area contributed by atoms with E-state index in [0.717, 1.165) is 17.2 Å². The van der Waals surface area contributed by atoms with Crippen LogP contribution in [0.5, 0.6) is 10.9 Å². The Bertz CT molecular complexity index is 782. The van der Waals surface area contributed by atoms with Crippen LogP contribution in [0.2, 0.25) is 0 Å². The summed E-state index contributed by atoms with van der Waals surface area (Å²) in [6.07, 6.45) is 1.51. The Balaban J connectivity index is 1.99. The van der Waals surface area contributed by atoms with Crippen molar-refractivity contribution in [1.29, 1.82) is 0 Å². The summed E-state index contributed by atoms with van der Waals surface area (Å²) in [5, 5.41) is 13.5. The van der Waals surface area contributed by atoms with Gasteiger partial charge in [0.05, 0.1) is 11.9 Å². The number of benzene rings is 1. The molecular formula is C13H10N4O3S. The van der Waals surface area contributed by atoms with Crippen molar-refractivity contribution in [3.63, 3.8) is 0 Å². The lowest BCUT2D eigenvalue weighted by Gasteiger charge is -1.98. The van der Waals surface area contributed by atoms with E-state index >= 15 is 0 Å². The summed E-state index contributed by atoms with van der Waals surface area (Å²) >= 11 is 1.06. The minimum atomic E-state index is -1.17. The molecule has 0 radical (unpaired) electrons. The largest absolute Gasteiger partial charge is 0.476 e. The van der Waals surface area contributed by atoms with E-state index in [1.54, 1.807) is 6.92 Å². The highest BCUT2D eigenvalue weighted by atomic mass is 32.1. The molecule has 0 fully saturated rings. The van der Waals surface area contributed by atoms with Crippen LogP contribution in [0.25, 0.3) is 5.69 Å². The predicted molar refractivity (Wildman–Crippen MR) is 75.2 cm³/mol. The monoisotopic (exact) mass is 302 g/mol. The normalized spacial score (nSPS) is 10.5. The number of carboxylic acids is 1. The van der Waals surface area contributed by atoms with Crippen LogP contribution >= 0.6 is 11.5 Å². The molecule has 1 aromatic carbocycles. The maximum absolute atomic E-state index is 11.3. The fourth-order valence-electron chi connectivity index (χ4n) is 1.71. The molecule has 3 rings (SSSR count). The van der Waals surface area contributed by atoms with E-state index in [-0.39, 0.29) is 16.6 Å². The van der Waals surface area contributed by atoms with Gasteiger partial charge in [-0.1, -0.05) is 18.2 Å². The summed E-state index contributed by atoms with van der Waals surface area (Å²) in [7, 11) is 0. The van der Waals surface area contributed by atoms with Gasteiger partial charge in [-0.3, -0.25) is 0 Å². The molecule has 0 saturated heterocycles. The third kappa shape index (κ3) is 2.75. The Morgan fingerprint density at radius 3 is 2.71 bits per heavy atom. The number of carboxylic acid groups (broad SMARTS) is 1. The molecule has 21 heavy (non-hydrogen) atoms. The molecule has 3 aromatic rings. The van der Waals surface area contributed by atoms with E-state index in [9.17, 15) is 9.90 Å². The van der Waals surface area contributed by atoms with Crippen molar-refractivity contribution in [2.75, 3.05) is 0 Å². The van der Waals surface area contributed by atoms with Crippen molar-refractivity contribution in [2.24, 2.45) is 0 Å². The van der Waals surface area contributed by atoms with Gasteiger partial charge in [-0.15, -0.1) is 0 Å². The van der Waals surface area contributed by atoms with E-state index in [0.29, 0.717) is 5.82 Å². The van der Waals surface area contributed by atoms with Crippen LogP contribution in [-0.2, 0) is 0 Å². The molecule has 0 aliphatic rings. The number of ether oxygens (including phenoxy) is 1. The molecule has 7 nitrogen and oxygen atoms in total. The fraction of sp³-hybridized carbons (Fsp3) is 0.0769. The van der Waals surface area contributed by atoms with Crippen LogP contribution < -0.4 is 4.74 Å². The molecule has 1 N–H and O–H groups in total. The molecule has 0 amide bonds. The zero-order valence-corrected chi connectivity index (χ0v) is 11.7. The molecule has 2 aromatic heterocycles. The number of aromatic carboxylic acids is 1. The third-order valence-corrected chi connectivity index (χ3v) is 3.30. The Labute approximate surface area is 123 Å². The second kappa shape index (κ2) is 5.33. The molecule has 106 valence electrons. The highest BCUT2D eigenvalue weighted by Crippen LogP contribution is 2.27. The first kappa shape index (κ1) is 13.3. The average molecular weight is 302 g/mol. The molecule has 0 unspecified atom stereocenters. The standard InChI is InChI=1S/C13H10N4O3S/c1-8-14-13(21-16-8)20-10-7-17(15-11(10)12(18)19)9-5-3-2-4-6-9/h2-7H,1H3,(H,18,19). The highest BCUT2D eigenvalue weighted by Gasteiger charge is 2.19. The predicted octanol–water partition coefficient (Wildman–Crippen LogP) is 2.52. The van der Waals surface area contributed by atoms with Crippen molar-refractivity contribution in [3.05, 3.63) is 48.0 Å². The molecule has 8 heteroatoms. The lowest BCUT2D eigenvalue weighted by atomic mass is 10.3. The summed E-state index contributed by atoms with van der Waals surface area (Å²) < 4.78 is 10.9. The highest BCUT2D eigenvalue weighted by molar-refractivity contribution is 7.07. The maximum atomic E-state index is 11.3. The van der Waals surface area contributed by atoms with Crippen LogP contribution in [0.1, 0.15) is 16.3 Å². The van der Waals surface area contributed by atoms with Crippen LogP contribution in [-0.4, -0.2) is 30.2 Å². The number of hydrogen-bond acceptors (Lipinski definition) is 6. The molecular weight excluding hydrogens is 292 g/mol. The number of hydrogen-bond donors (Lipinski definition) is 1. The van der Waals surface area contributed by atoms with Gasteiger partial charge in [0.25, 0.3) is 5.19 Å². The molecule has 0 spiro atoms. The minimum absolute atomic E-state index is 0.127. The SMILES string of the molecule is Cc1nsc(Oc2cn(-c3ccccc3)nc2C(=O)O)n1. The number of aromatic nitrogens is 4. The Kier molecular flexibility index (Phi) is 3.36. The van der Waals surface area contributed by atoms with Gasteiger partial charge in [-0.2, -0.15) is 14.5 Å². The minimum Gasteiger partial charge on any atom is -0.476 e. The Morgan fingerprint density at radius 2 is 2.10 bits per heavy atom. The number of rotatable bonds is 4. The Morgan fingerprint density at radius 1 is 1.33 bits per heavy atom. The van der Waals surface area contributed by atoms with Crippen molar-refractivity contribution >= 4 is 17.5 Å². The summed E-state index contributed by atoms with van der Waals surface area (Å²) in [5.41, 5.74) is 0.565. The van der Waals surface area contributed by atoms with Gasteiger partial charge in [-0.25, -0.2) is 9.48 Å². The van der Waals surface area contributed by atoms with Crippen LogP contribution in [0.4, 0.5) is 0 Å². The summed E-state index contributed by atoms with van der Waals surface area (Å²) in [6, 6.07) is 9.18. The van der Waals surface area contributed by atoms with E-state index in [2.05, 4.69) is 14.5 Å². The summed E-state index contributed by atoms with van der Waals surface area (Å²) in [6.45, 7) is 1.73. The molecule has 0 saturated carbocycles. The zero-order chi connectivity index (χ0) is 14.8.